The highest BCUT2D eigenvalue weighted by molar-refractivity contribution is 6.31. The summed E-state index contributed by atoms with van der Waals surface area (Å²) in [6.45, 7) is 4.45. The van der Waals surface area contributed by atoms with Gasteiger partial charge in [-0.1, -0.05) is 48.9 Å². The van der Waals surface area contributed by atoms with E-state index in [2.05, 4.69) is 48.4 Å². The third-order valence-corrected chi connectivity index (χ3v) is 5.31. The molecule has 3 aromatic rings. The second kappa shape index (κ2) is 5.63. The largest absolute Gasteiger partial charge is 0.303 e. The van der Waals surface area contributed by atoms with Crippen molar-refractivity contribution >= 4 is 22.5 Å². The summed E-state index contributed by atoms with van der Waals surface area (Å²) in [5.41, 5.74) is 4.74. The van der Waals surface area contributed by atoms with E-state index in [4.69, 9.17) is 11.6 Å². The fraction of sp³-hybridized carbons (Fsp3) is 0.250. The average Bonchev–Trinajstić information content (AvgIpc) is 2.57. The molecule has 0 fully saturated rings. The van der Waals surface area contributed by atoms with Crippen LogP contribution in [0.15, 0.2) is 54.7 Å². The summed E-state index contributed by atoms with van der Waals surface area (Å²) in [7, 11) is 0. The van der Waals surface area contributed by atoms with E-state index in [9.17, 15) is 0 Å². The molecule has 0 bridgehead atoms. The first-order valence-electron chi connectivity index (χ1n) is 8.04. The summed E-state index contributed by atoms with van der Waals surface area (Å²) < 4.78 is 0. The molecule has 3 unspecified atom stereocenters. The van der Waals surface area contributed by atoms with Gasteiger partial charge < -0.3 is 5.32 Å². The minimum atomic E-state index is 0.131. The van der Waals surface area contributed by atoms with Crippen LogP contribution in [-0.4, -0.2) is 11.0 Å². The van der Waals surface area contributed by atoms with Gasteiger partial charge in [0.2, 0.25) is 0 Å². The van der Waals surface area contributed by atoms with Crippen LogP contribution in [0.4, 0.5) is 0 Å². The second-order valence-electron chi connectivity index (χ2n) is 6.38. The Bertz CT molecular complexity index is 874. The van der Waals surface area contributed by atoms with Gasteiger partial charge in [-0.2, -0.15) is 0 Å². The molecule has 1 N–H and O–H groups in total. The van der Waals surface area contributed by atoms with Crippen LogP contribution in [0.5, 0.6) is 0 Å². The maximum atomic E-state index is 6.51. The van der Waals surface area contributed by atoms with Crippen molar-refractivity contribution in [1.82, 2.24) is 10.3 Å². The van der Waals surface area contributed by atoms with Gasteiger partial charge in [0.25, 0.3) is 0 Å². The van der Waals surface area contributed by atoms with Crippen molar-refractivity contribution in [2.45, 2.75) is 31.8 Å². The lowest BCUT2D eigenvalue weighted by atomic mass is 9.81. The average molecular weight is 323 g/mol. The van der Waals surface area contributed by atoms with E-state index < -0.39 is 0 Å². The molecule has 3 atom stereocenters. The van der Waals surface area contributed by atoms with E-state index in [1.165, 1.54) is 22.1 Å². The van der Waals surface area contributed by atoms with Crippen LogP contribution in [0.25, 0.3) is 10.9 Å². The fourth-order valence-electron chi connectivity index (χ4n) is 3.55. The summed E-state index contributed by atoms with van der Waals surface area (Å²) in [5.74, 6) is 0.392. The van der Waals surface area contributed by atoms with Gasteiger partial charge in [-0.05, 0) is 47.7 Å². The van der Waals surface area contributed by atoms with Crippen molar-refractivity contribution < 1.29 is 0 Å². The standard InChI is InChI=1S/C20H19ClN2/c1-12-13(2)23-20(16-7-5-8-17(21)19(12)16)15-10-14-6-3-4-9-18(14)22-11-15/h3-13,20,23H,1-2H3. The van der Waals surface area contributed by atoms with E-state index in [0.717, 1.165) is 10.5 Å². The Balaban J connectivity index is 1.88. The van der Waals surface area contributed by atoms with Crippen molar-refractivity contribution in [3.05, 3.63) is 76.4 Å². The Morgan fingerprint density at radius 3 is 2.74 bits per heavy atom. The fourth-order valence-corrected chi connectivity index (χ4v) is 3.91. The lowest BCUT2D eigenvalue weighted by molar-refractivity contribution is 0.411. The van der Waals surface area contributed by atoms with Crippen LogP contribution < -0.4 is 5.32 Å². The van der Waals surface area contributed by atoms with Crippen molar-refractivity contribution in [1.29, 1.82) is 0 Å². The number of pyridine rings is 1. The minimum Gasteiger partial charge on any atom is -0.303 e. The van der Waals surface area contributed by atoms with Crippen molar-refractivity contribution in [3.63, 3.8) is 0 Å². The molecule has 1 aliphatic heterocycles. The molecule has 4 rings (SSSR count). The minimum absolute atomic E-state index is 0.131. The number of hydrogen-bond donors (Lipinski definition) is 1. The predicted molar refractivity (Wildman–Crippen MR) is 96.1 cm³/mol. The van der Waals surface area contributed by atoms with Crippen LogP contribution in [-0.2, 0) is 0 Å². The highest BCUT2D eigenvalue weighted by atomic mass is 35.5. The first kappa shape index (κ1) is 14.7. The third kappa shape index (κ3) is 2.43. The molecular formula is C20H19ClN2. The maximum Gasteiger partial charge on any atom is 0.0702 e. The molecule has 116 valence electrons. The molecule has 2 nitrogen and oxygen atoms in total. The topological polar surface area (TPSA) is 24.9 Å². The summed E-state index contributed by atoms with van der Waals surface area (Å²) in [6, 6.07) is 17.2. The second-order valence-corrected chi connectivity index (χ2v) is 6.79. The lowest BCUT2D eigenvalue weighted by Crippen LogP contribution is -2.40. The highest BCUT2D eigenvalue weighted by Crippen LogP contribution is 2.40. The molecule has 2 aromatic carbocycles. The van der Waals surface area contributed by atoms with Gasteiger partial charge in [0.1, 0.15) is 0 Å². The van der Waals surface area contributed by atoms with E-state index in [1.54, 1.807) is 0 Å². The number of benzene rings is 2. The predicted octanol–water partition coefficient (Wildman–Crippen LogP) is 5.07. The van der Waals surface area contributed by atoms with Gasteiger partial charge in [0.05, 0.1) is 11.6 Å². The van der Waals surface area contributed by atoms with Crippen LogP contribution in [0.1, 0.15) is 42.5 Å². The zero-order valence-corrected chi connectivity index (χ0v) is 14.0. The van der Waals surface area contributed by atoms with Crippen LogP contribution in [0.3, 0.4) is 0 Å². The molecule has 1 aliphatic rings. The number of nitrogens with zero attached hydrogens (tertiary/aromatic N) is 1. The molecule has 0 spiro atoms. The molecule has 3 heteroatoms. The normalized spacial score (nSPS) is 23.7. The Morgan fingerprint density at radius 2 is 1.87 bits per heavy atom. The molecule has 0 saturated heterocycles. The summed E-state index contributed by atoms with van der Waals surface area (Å²) >= 11 is 6.51. The first-order chi connectivity index (χ1) is 11.1. The van der Waals surface area contributed by atoms with Gasteiger partial charge in [0, 0.05) is 22.6 Å². The monoisotopic (exact) mass is 322 g/mol. The number of hydrogen-bond acceptors (Lipinski definition) is 2. The number of fused-ring (bicyclic) bond motifs is 2. The lowest BCUT2D eigenvalue weighted by Gasteiger charge is -2.37. The maximum absolute atomic E-state index is 6.51. The quantitative estimate of drug-likeness (QED) is 0.676. The molecule has 1 aromatic heterocycles. The molecule has 0 amide bonds. The van der Waals surface area contributed by atoms with Crippen LogP contribution in [0, 0.1) is 0 Å². The van der Waals surface area contributed by atoms with E-state index >= 15 is 0 Å². The van der Waals surface area contributed by atoms with Crippen LogP contribution in [0.2, 0.25) is 5.02 Å². The third-order valence-electron chi connectivity index (χ3n) is 4.98. The number of rotatable bonds is 1. The van der Waals surface area contributed by atoms with E-state index in [1.807, 2.05) is 30.5 Å². The molecular weight excluding hydrogens is 304 g/mol. The smallest absolute Gasteiger partial charge is 0.0702 e. The summed E-state index contributed by atoms with van der Waals surface area (Å²) in [6.07, 6.45) is 1.98. The number of nitrogens with one attached hydrogen (secondary N) is 1. The van der Waals surface area contributed by atoms with Gasteiger partial charge in [-0.3, -0.25) is 4.98 Å². The zero-order valence-electron chi connectivity index (χ0n) is 13.3. The Labute approximate surface area is 141 Å². The first-order valence-corrected chi connectivity index (χ1v) is 8.42. The Morgan fingerprint density at radius 1 is 1.04 bits per heavy atom. The van der Waals surface area contributed by atoms with Crippen molar-refractivity contribution in [2.75, 3.05) is 0 Å². The molecule has 23 heavy (non-hydrogen) atoms. The number of para-hydroxylation sites is 1. The Hall–Kier alpha value is -1.90. The molecule has 2 heterocycles. The van der Waals surface area contributed by atoms with Gasteiger partial charge in [-0.25, -0.2) is 0 Å². The van der Waals surface area contributed by atoms with Gasteiger partial charge in [0.15, 0.2) is 0 Å². The number of aromatic nitrogens is 1. The summed E-state index contributed by atoms with van der Waals surface area (Å²) in [4.78, 5) is 4.62. The molecule has 0 aliphatic carbocycles. The molecule has 0 radical (unpaired) electrons. The molecule has 0 saturated carbocycles. The van der Waals surface area contributed by atoms with Crippen molar-refractivity contribution in [3.8, 4) is 0 Å². The SMILES string of the molecule is CC1NC(c2cnc3ccccc3c2)c2cccc(Cl)c2C1C. The van der Waals surface area contributed by atoms with Crippen LogP contribution >= 0.6 is 11.6 Å². The van der Waals surface area contributed by atoms with E-state index in [-0.39, 0.29) is 6.04 Å². The van der Waals surface area contributed by atoms with E-state index in [0.29, 0.717) is 12.0 Å². The summed E-state index contributed by atoms with van der Waals surface area (Å²) in [5, 5.41) is 5.76. The zero-order chi connectivity index (χ0) is 16.0. The van der Waals surface area contributed by atoms with Crippen molar-refractivity contribution in [2.24, 2.45) is 0 Å². The van der Waals surface area contributed by atoms with Gasteiger partial charge >= 0.3 is 0 Å². The highest BCUT2D eigenvalue weighted by Gasteiger charge is 2.31. The Kier molecular flexibility index (Phi) is 3.59. The van der Waals surface area contributed by atoms with Gasteiger partial charge in [-0.15, -0.1) is 0 Å². The number of halogens is 1.